The lowest BCUT2D eigenvalue weighted by Gasteiger charge is -2.11. The smallest absolute Gasteiger partial charge is 0.303 e. The molecule has 1 N–H and O–H groups in total. The van der Waals surface area contributed by atoms with E-state index in [0.717, 1.165) is 31.6 Å². The van der Waals surface area contributed by atoms with Crippen molar-refractivity contribution in [1.82, 2.24) is 0 Å². The van der Waals surface area contributed by atoms with E-state index in [4.69, 9.17) is 5.11 Å². The van der Waals surface area contributed by atoms with Crippen molar-refractivity contribution in [3.8, 4) is 11.8 Å². The Morgan fingerprint density at radius 1 is 1.18 bits per heavy atom. The van der Waals surface area contributed by atoms with E-state index >= 15 is 0 Å². The van der Waals surface area contributed by atoms with E-state index in [-0.39, 0.29) is 0 Å². The van der Waals surface area contributed by atoms with Gasteiger partial charge in [0.05, 0.1) is 0 Å². The lowest BCUT2D eigenvalue weighted by Crippen LogP contribution is -2.04. The van der Waals surface area contributed by atoms with E-state index in [9.17, 15) is 4.79 Å². The summed E-state index contributed by atoms with van der Waals surface area (Å²) in [6.45, 7) is 2.23. The maximum Gasteiger partial charge on any atom is 0.303 e. The quantitative estimate of drug-likeness (QED) is 0.325. The first-order chi connectivity index (χ1) is 10.7. The van der Waals surface area contributed by atoms with Gasteiger partial charge in [-0.25, -0.2) is 0 Å². The fourth-order valence-corrected chi connectivity index (χ4v) is 3.09. The number of carboxylic acids is 1. The number of carbonyl (C=O) groups is 1. The molecule has 1 fully saturated rings. The standard InChI is InChI=1S/C20H32O2/c1-2-3-4-6-9-13-18-15-12-16-19(18)14-10-7-5-8-11-17-20(21)22/h6,9,18-19H,2-5,7-8,11-13,15-17H2,1H3,(H,21,22)/t18-,19-/m0/s1. The fraction of sp³-hybridized carbons (Fsp3) is 0.750. The monoisotopic (exact) mass is 304 g/mol. The summed E-state index contributed by atoms with van der Waals surface area (Å²) in [5.74, 6) is 7.48. The first-order valence-corrected chi connectivity index (χ1v) is 9.09. The summed E-state index contributed by atoms with van der Waals surface area (Å²) in [5.41, 5.74) is 0. The molecule has 0 spiro atoms. The Bertz CT molecular complexity index is 386. The van der Waals surface area contributed by atoms with Crippen LogP contribution in [-0.4, -0.2) is 11.1 Å². The summed E-state index contributed by atoms with van der Waals surface area (Å²) < 4.78 is 0. The highest BCUT2D eigenvalue weighted by Crippen LogP contribution is 2.34. The maximum absolute atomic E-state index is 10.4. The van der Waals surface area contributed by atoms with Gasteiger partial charge in [0.15, 0.2) is 0 Å². The van der Waals surface area contributed by atoms with Crippen LogP contribution < -0.4 is 0 Å². The van der Waals surface area contributed by atoms with Gasteiger partial charge < -0.3 is 5.11 Å². The van der Waals surface area contributed by atoms with Crippen molar-refractivity contribution >= 4 is 5.97 Å². The van der Waals surface area contributed by atoms with Crippen molar-refractivity contribution < 1.29 is 9.90 Å². The molecule has 0 unspecified atom stereocenters. The third kappa shape index (κ3) is 8.93. The molecular weight excluding hydrogens is 272 g/mol. The molecule has 124 valence electrons. The zero-order chi connectivity index (χ0) is 16.0. The summed E-state index contributed by atoms with van der Waals surface area (Å²) in [6, 6.07) is 0. The molecule has 1 aliphatic rings. The van der Waals surface area contributed by atoms with Crippen LogP contribution in [0.15, 0.2) is 12.2 Å². The number of carboxylic acid groups (broad SMARTS) is 1. The SMILES string of the molecule is CCCCC=CC[C@H]1CCC[C@@H]1C#CCCCCCC(=O)O. The molecule has 0 saturated heterocycles. The minimum atomic E-state index is -0.688. The summed E-state index contributed by atoms with van der Waals surface area (Å²) >= 11 is 0. The van der Waals surface area contributed by atoms with Crippen LogP contribution in [0, 0.1) is 23.7 Å². The second-order valence-corrected chi connectivity index (χ2v) is 6.42. The largest absolute Gasteiger partial charge is 0.481 e. The van der Waals surface area contributed by atoms with Gasteiger partial charge in [0.1, 0.15) is 0 Å². The van der Waals surface area contributed by atoms with Gasteiger partial charge >= 0.3 is 5.97 Å². The van der Waals surface area contributed by atoms with Gasteiger partial charge in [-0.05, 0) is 44.4 Å². The molecule has 0 aliphatic heterocycles. The van der Waals surface area contributed by atoms with Crippen LogP contribution in [0.2, 0.25) is 0 Å². The second-order valence-electron chi connectivity index (χ2n) is 6.42. The van der Waals surface area contributed by atoms with Crippen molar-refractivity contribution in [2.24, 2.45) is 11.8 Å². The molecule has 1 aliphatic carbocycles. The molecule has 0 bridgehead atoms. The average Bonchev–Trinajstić information content (AvgIpc) is 2.93. The lowest BCUT2D eigenvalue weighted by molar-refractivity contribution is -0.137. The van der Waals surface area contributed by atoms with Gasteiger partial charge in [0.2, 0.25) is 0 Å². The Morgan fingerprint density at radius 2 is 2.05 bits per heavy atom. The van der Waals surface area contributed by atoms with Gasteiger partial charge in [-0.3, -0.25) is 4.79 Å². The van der Waals surface area contributed by atoms with Gasteiger partial charge in [-0.1, -0.05) is 50.7 Å². The first kappa shape index (κ1) is 18.8. The molecule has 1 rings (SSSR count). The molecule has 0 amide bonds. The molecule has 0 heterocycles. The van der Waals surface area contributed by atoms with Crippen LogP contribution in [0.1, 0.15) is 84.0 Å². The highest BCUT2D eigenvalue weighted by molar-refractivity contribution is 5.66. The molecule has 0 aromatic carbocycles. The number of hydrogen-bond acceptors (Lipinski definition) is 1. The Balaban J connectivity index is 2.16. The van der Waals surface area contributed by atoms with Crippen molar-refractivity contribution in [2.45, 2.75) is 84.0 Å². The van der Waals surface area contributed by atoms with Crippen LogP contribution >= 0.6 is 0 Å². The molecule has 0 aromatic rings. The number of aliphatic carboxylic acids is 1. The van der Waals surface area contributed by atoms with Crippen LogP contribution in [0.3, 0.4) is 0 Å². The van der Waals surface area contributed by atoms with E-state index in [1.54, 1.807) is 0 Å². The average molecular weight is 304 g/mol. The molecule has 2 atom stereocenters. The summed E-state index contributed by atoms with van der Waals surface area (Å²) in [4.78, 5) is 10.4. The van der Waals surface area contributed by atoms with Gasteiger partial charge in [-0.15, -0.1) is 5.92 Å². The number of hydrogen-bond donors (Lipinski definition) is 1. The van der Waals surface area contributed by atoms with Crippen molar-refractivity contribution in [2.75, 3.05) is 0 Å². The van der Waals surface area contributed by atoms with Gasteiger partial charge in [-0.2, -0.15) is 0 Å². The summed E-state index contributed by atoms with van der Waals surface area (Å²) in [5, 5.41) is 8.57. The Morgan fingerprint density at radius 3 is 2.82 bits per heavy atom. The van der Waals surface area contributed by atoms with Crippen molar-refractivity contribution in [3.05, 3.63) is 12.2 Å². The Labute approximate surface area is 136 Å². The fourth-order valence-electron chi connectivity index (χ4n) is 3.09. The predicted octanol–water partition coefficient (Wildman–Crippen LogP) is 5.58. The van der Waals surface area contributed by atoms with Crippen LogP contribution in [-0.2, 0) is 4.79 Å². The lowest BCUT2D eigenvalue weighted by atomic mass is 9.93. The minimum Gasteiger partial charge on any atom is -0.481 e. The third-order valence-corrected chi connectivity index (χ3v) is 4.47. The van der Waals surface area contributed by atoms with Gasteiger partial charge in [0.25, 0.3) is 0 Å². The van der Waals surface area contributed by atoms with Crippen LogP contribution in [0.5, 0.6) is 0 Å². The van der Waals surface area contributed by atoms with Crippen LogP contribution in [0.25, 0.3) is 0 Å². The number of rotatable bonds is 10. The maximum atomic E-state index is 10.4. The van der Waals surface area contributed by atoms with Gasteiger partial charge in [0, 0.05) is 18.8 Å². The van der Waals surface area contributed by atoms with E-state index in [1.807, 2.05) is 0 Å². The van der Waals surface area contributed by atoms with E-state index in [1.165, 1.54) is 44.9 Å². The first-order valence-electron chi connectivity index (χ1n) is 9.09. The molecule has 22 heavy (non-hydrogen) atoms. The van der Waals surface area contributed by atoms with E-state index in [2.05, 4.69) is 30.9 Å². The number of allylic oxidation sites excluding steroid dienone is 2. The Kier molecular flexibility index (Phi) is 10.5. The molecular formula is C20H32O2. The van der Waals surface area contributed by atoms with Crippen molar-refractivity contribution in [3.63, 3.8) is 0 Å². The zero-order valence-corrected chi connectivity index (χ0v) is 14.2. The van der Waals surface area contributed by atoms with E-state index < -0.39 is 5.97 Å². The van der Waals surface area contributed by atoms with Crippen LogP contribution in [0.4, 0.5) is 0 Å². The highest BCUT2D eigenvalue weighted by Gasteiger charge is 2.24. The molecule has 0 aromatic heterocycles. The Hall–Kier alpha value is -1.23. The molecule has 2 heteroatoms. The zero-order valence-electron chi connectivity index (χ0n) is 14.2. The third-order valence-electron chi connectivity index (χ3n) is 4.47. The second kappa shape index (κ2) is 12.3. The normalized spacial score (nSPS) is 21.0. The summed E-state index contributed by atoms with van der Waals surface area (Å²) in [6.07, 6.45) is 17.6. The predicted molar refractivity (Wildman–Crippen MR) is 92.6 cm³/mol. The molecule has 2 nitrogen and oxygen atoms in total. The van der Waals surface area contributed by atoms with E-state index in [0.29, 0.717) is 12.3 Å². The topological polar surface area (TPSA) is 37.3 Å². The van der Waals surface area contributed by atoms with Crippen molar-refractivity contribution in [1.29, 1.82) is 0 Å². The summed E-state index contributed by atoms with van der Waals surface area (Å²) in [7, 11) is 0. The number of unbranched alkanes of at least 4 members (excludes halogenated alkanes) is 5. The minimum absolute atomic E-state index is 0.294. The highest BCUT2D eigenvalue weighted by atomic mass is 16.4. The molecule has 1 saturated carbocycles. The molecule has 0 radical (unpaired) electrons.